The molecule has 0 saturated carbocycles. The van der Waals surface area contributed by atoms with Gasteiger partial charge in [-0.25, -0.2) is 0 Å². The molecule has 0 spiro atoms. The SMILES string of the molecule is COc1cc2c(cc1OC)C(Cc1ccc(Oc3cc(CC4c5cc(OC)c(OC)cc5CC[N+]4(C)[O-])ccc3OC)cc1)N(C)CC2. The van der Waals surface area contributed by atoms with Crippen LogP contribution in [0.1, 0.15) is 45.5 Å². The quantitative estimate of drug-likeness (QED) is 0.125. The van der Waals surface area contributed by atoms with Gasteiger partial charge in [0.2, 0.25) is 0 Å². The van der Waals surface area contributed by atoms with E-state index in [2.05, 4.69) is 36.2 Å². The number of hydrogen-bond acceptors (Lipinski definition) is 8. The largest absolute Gasteiger partial charge is 0.633 e. The van der Waals surface area contributed by atoms with E-state index in [-0.39, 0.29) is 16.7 Å². The van der Waals surface area contributed by atoms with Crippen LogP contribution in [0.5, 0.6) is 40.2 Å². The average Bonchev–Trinajstić information content (AvgIpc) is 3.10. The molecular formula is C39H46N2O7. The maximum atomic E-state index is 13.8. The van der Waals surface area contributed by atoms with Crippen LogP contribution in [0.2, 0.25) is 0 Å². The lowest BCUT2D eigenvalue weighted by Crippen LogP contribution is -2.47. The monoisotopic (exact) mass is 654 g/mol. The van der Waals surface area contributed by atoms with Crippen LogP contribution in [0.15, 0.2) is 66.7 Å². The maximum absolute atomic E-state index is 13.8. The molecule has 3 unspecified atom stereocenters. The molecule has 48 heavy (non-hydrogen) atoms. The van der Waals surface area contributed by atoms with Crippen LogP contribution in [0.3, 0.4) is 0 Å². The summed E-state index contributed by atoms with van der Waals surface area (Å²) in [5, 5.41) is 13.8. The second-order valence-corrected chi connectivity index (χ2v) is 12.9. The van der Waals surface area contributed by atoms with Gasteiger partial charge in [0.25, 0.3) is 0 Å². The van der Waals surface area contributed by atoms with Gasteiger partial charge >= 0.3 is 0 Å². The zero-order valence-electron chi connectivity index (χ0n) is 29.0. The third-order valence-corrected chi connectivity index (χ3v) is 10.00. The van der Waals surface area contributed by atoms with Crippen molar-refractivity contribution in [2.24, 2.45) is 0 Å². The number of fused-ring (bicyclic) bond motifs is 2. The first-order valence-electron chi connectivity index (χ1n) is 16.4. The Morgan fingerprint density at radius 2 is 1.21 bits per heavy atom. The fourth-order valence-electron chi connectivity index (χ4n) is 7.17. The normalized spacial score (nSPS) is 20.3. The highest BCUT2D eigenvalue weighted by atomic mass is 16.5. The summed E-state index contributed by atoms with van der Waals surface area (Å²) in [6, 6.07) is 22.3. The van der Waals surface area contributed by atoms with Crippen molar-refractivity contribution in [2.75, 3.05) is 62.7 Å². The van der Waals surface area contributed by atoms with E-state index in [0.717, 1.165) is 47.6 Å². The summed E-state index contributed by atoms with van der Waals surface area (Å²) in [6.45, 7) is 1.46. The average molecular weight is 655 g/mol. The fraction of sp³-hybridized carbons (Fsp3) is 0.385. The van der Waals surface area contributed by atoms with E-state index >= 15 is 0 Å². The van der Waals surface area contributed by atoms with Crippen molar-refractivity contribution in [2.45, 2.75) is 37.8 Å². The highest BCUT2D eigenvalue weighted by molar-refractivity contribution is 5.52. The van der Waals surface area contributed by atoms with E-state index in [4.69, 9.17) is 28.4 Å². The highest BCUT2D eigenvalue weighted by Crippen LogP contribution is 2.43. The molecule has 2 heterocycles. The van der Waals surface area contributed by atoms with Gasteiger partial charge in [-0.3, -0.25) is 4.90 Å². The van der Waals surface area contributed by atoms with Crippen LogP contribution in [0.25, 0.3) is 0 Å². The van der Waals surface area contributed by atoms with Crippen molar-refractivity contribution in [3.63, 3.8) is 0 Å². The Bertz CT molecular complexity index is 1750. The topological polar surface area (TPSA) is 81.7 Å². The highest BCUT2D eigenvalue weighted by Gasteiger charge is 2.35. The van der Waals surface area contributed by atoms with Gasteiger partial charge in [-0.1, -0.05) is 18.2 Å². The van der Waals surface area contributed by atoms with Crippen LogP contribution in [-0.4, -0.2) is 72.3 Å². The predicted octanol–water partition coefficient (Wildman–Crippen LogP) is 7.08. The Labute approximate surface area is 283 Å². The summed E-state index contributed by atoms with van der Waals surface area (Å²) in [5.41, 5.74) is 6.88. The predicted molar refractivity (Wildman–Crippen MR) is 186 cm³/mol. The second kappa shape index (κ2) is 14.0. The Hall–Kier alpha value is -4.44. The first-order valence-corrected chi connectivity index (χ1v) is 16.4. The van der Waals surface area contributed by atoms with Crippen LogP contribution in [0.4, 0.5) is 0 Å². The van der Waals surface area contributed by atoms with E-state index in [0.29, 0.717) is 48.1 Å². The number of methoxy groups -OCH3 is 5. The lowest BCUT2D eigenvalue weighted by Gasteiger charge is -2.49. The summed E-state index contributed by atoms with van der Waals surface area (Å²) in [5.74, 6) is 4.77. The standard InChI is InChI=1S/C39H46N2O7/c1-40-16-14-27-21-35(44-4)37(46-6)23-30(27)32(40)18-25-8-11-29(12-9-25)48-39-20-26(10-13-34(39)43-3)19-33-31-24-38(47-7)36(45-5)22-28(31)15-17-41(33,2)42/h8-13,20-24,32-33H,14-19H2,1-7H3. The molecule has 2 aliphatic heterocycles. The molecule has 254 valence electrons. The van der Waals surface area contributed by atoms with Gasteiger partial charge in [-0.2, -0.15) is 0 Å². The maximum Gasteiger partial charge on any atom is 0.169 e. The third kappa shape index (κ3) is 6.63. The van der Waals surface area contributed by atoms with Crippen molar-refractivity contribution in [1.82, 2.24) is 4.90 Å². The zero-order chi connectivity index (χ0) is 34.0. The molecule has 2 aliphatic rings. The molecule has 0 bridgehead atoms. The molecule has 4 aromatic rings. The van der Waals surface area contributed by atoms with Crippen molar-refractivity contribution in [1.29, 1.82) is 0 Å². The van der Waals surface area contributed by atoms with Crippen LogP contribution in [-0.2, 0) is 25.7 Å². The van der Waals surface area contributed by atoms with E-state index < -0.39 is 0 Å². The summed E-state index contributed by atoms with van der Waals surface area (Å²) >= 11 is 0. The van der Waals surface area contributed by atoms with E-state index in [1.54, 1.807) is 42.6 Å². The molecule has 6 rings (SSSR count). The molecule has 0 amide bonds. The Morgan fingerprint density at radius 3 is 1.83 bits per heavy atom. The van der Waals surface area contributed by atoms with Gasteiger partial charge in [0.1, 0.15) is 11.8 Å². The van der Waals surface area contributed by atoms with Gasteiger partial charge in [0.05, 0.1) is 49.1 Å². The second-order valence-electron chi connectivity index (χ2n) is 12.9. The third-order valence-electron chi connectivity index (χ3n) is 10.00. The van der Waals surface area contributed by atoms with Gasteiger partial charge < -0.3 is 38.3 Å². The fourth-order valence-corrected chi connectivity index (χ4v) is 7.17. The van der Waals surface area contributed by atoms with Crippen LogP contribution in [0, 0.1) is 5.21 Å². The molecule has 0 aliphatic carbocycles. The molecule has 0 N–H and O–H groups in total. The smallest absolute Gasteiger partial charge is 0.169 e. The number of rotatable bonds is 11. The van der Waals surface area contributed by atoms with Crippen molar-refractivity contribution < 1.29 is 33.1 Å². The van der Waals surface area contributed by atoms with Gasteiger partial charge in [0.15, 0.2) is 34.5 Å². The molecular weight excluding hydrogens is 608 g/mol. The minimum absolute atomic E-state index is 0.216. The first kappa shape index (κ1) is 33.5. The molecule has 4 aromatic carbocycles. The van der Waals surface area contributed by atoms with Crippen molar-refractivity contribution in [3.05, 3.63) is 105 Å². The zero-order valence-corrected chi connectivity index (χ0v) is 29.0. The molecule has 0 saturated heterocycles. The van der Waals surface area contributed by atoms with Crippen molar-refractivity contribution >= 4 is 0 Å². The molecule has 3 atom stereocenters. The lowest BCUT2D eigenvalue weighted by atomic mass is 9.88. The number of likely N-dealkylation sites (N-methyl/N-ethyl adjacent to an activating group) is 2. The summed E-state index contributed by atoms with van der Waals surface area (Å²) in [7, 11) is 12.2. The number of hydroxylamine groups is 3. The molecule has 0 fully saturated rings. The Kier molecular flexibility index (Phi) is 9.73. The van der Waals surface area contributed by atoms with E-state index in [9.17, 15) is 5.21 Å². The Morgan fingerprint density at radius 1 is 0.646 bits per heavy atom. The van der Waals surface area contributed by atoms with Gasteiger partial charge in [-0.15, -0.1) is 0 Å². The molecule has 0 aromatic heterocycles. The lowest BCUT2D eigenvalue weighted by molar-refractivity contribution is -0.894. The minimum atomic E-state index is -0.368. The number of nitrogens with zero attached hydrogens (tertiary/aromatic N) is 2. The van der Waals surface area contributed by atoms with E-state index in [1.165, 1.54) is 16.7 Å². The Balaban J connectivity index is 1.22. The number of hydrogen-bond donors (Lipinski definition) is 0. The van der Waals surface area contributed by atoms with Crippen LogP contribution < -0.4 is 28.4 Å². The number of benzene rings is 4. The number of quaternary nitrogens is 1. The first-order chi connectivity index (χ1) is 23.2. The van der Waals surface area contributed by atoms with Crippen LogP contribution >= 0.6 is 0 Å². The summed E-state index contributed by atoms with van der Waals surface area (Å²) in [4.78, 5) is 2.40. The molecule has 0 radical (unpaired) electrons. The van der Waals surface area contributed by atoms with Gasteiger partial charge in [0, 0.05) is 31.0 Å². The molecule has 9 heteroatoms. The summed E-state index contributed by atoms with van der Waals surface area (Å²) < 4.78 is 34.0. The minimum Gasteiger partial charge on any atom is -0.633 e. The van der Waals surface area contributed by atoms with Crippen molar-refractivity contribution in [3.8, 4) is 40.2 Å². The number of ether oxygens (including phenoxy) is 6. The summed E-state index contributed by atoms with van der Waals surface area (Å²) in [6.07, 6.45) is 3.05. The molecule has 9 nitrogen and oxygen atoms in total. The van der Waals surface area contributed by atoms with E-state index in [1.807, 2.05) is 42.5 Å². The van der Waals surface area contributed by atoms with Gasteiger partial charge in [-0.05, 0) is 96.2 Å².